The van der Waals surface area contributed by atoms with Gasteiger partial charge in [0.15, 0.2) is 27.6 Å². The number of aromatic nitrogens is 4. The lowest BCUT2D eigenvalue weighted by atomic mass is 9.74. The first-order valence-corrected chi connectivity index (χ1v) is 16.6. The van der Waals surface area contributed by atoms with Gasteiger partial charge in [-0.2, -0.15) is 5.10 Å². The van der Waals surface area contributed by atoms with Crippen molar-refractivity contribution < 1.29 is 26.8 Å². The van der Waals surface area contributed by atoms with E-state index in [0.717, 1.165) is 29.7 Å². The lowest BCUT2D eigenvalue weighted by Crippen LogP contribution is -2.60. The molecule has 2 saturated heterocycles. The summed E-state index contributed by atoms with van der Waals surface area (Å²) in [4.78, 5) is 17.1. The molecule has 0 amide bonds. The predicted octanol–water partition coefficient (Wildman–Crippen LogP) is 4.37. The average Bonchev–Trinajstić information content (AvgIpc) is 3.34. The molecule has 11 nitrogen and oxygen atoms in total. The van der Waals surface area contributed by atoms with E-state index in [9.17, 15) is 12.8 Å². The number of amidine groups is 1. The topological polar surface area (TPSA) is 125 Å². The van der Waals surface area contributed by atoms with Crippen molar-refractivity contribution in [1.82, 2.24) is 24.6 Å². The molecular weight excluding hydrogens is 587 g/mol. The molecule has 4 aliphatic rings. The number of piperidine rings is 1. The number of ether oxygens (including phenoxy) is 1. The quantitative estimate of drug-likeness (QED) is 0.283. The first-order valence-electron chi connectivity index (χ1n) is 14.8. The molecule has 0 bridgehead atoms. The van der Waals surface area contributed by atoms with Crippen molar-refractivity contribution in [2.45, 2.75) is 38.3 Å². The highest BCUT2D eigenvalue weighted by Crippen LogP contribution is 2.50. The molecule has 13 heteroatoms. The molecule has 44 heavy (non-hydrogen) atoms. The van der Waals surface area contributed by atoms with Crippen LogP contribution in [0.3, 0.4) is 0 Å². The molecule has 1 spiro atoms. The number of sulfone groups is 1. The minimum absolute atomic E-state index is 0.0640. The van der Waals surface area contributed by atoms with Gasteiger partial charge in [-0.3, -0.25) is 0 Å². The summed E-state index contributed by atoms with van der Waals surface area (Å²) in [6, 6.07) is 9.94. The lowest BCUT2D eigenvalue weighted by molar-refractivity contribution is -0.166. The van der Waals surface area contributed by atoms with Gasteiger partial charge in [-0.1, -0.05) is 23.4 Å². The Hall–Kier alpha value is -4.10. The van der Waals surface area contributed by atoms with Crippen LogP contribution in [0.4, 0.5) is 4.39 Å². The van der Waals surface area contributed by atoms with E-state index in [1.807, 2.05) is 25.1 Å². The average molecular weight is 619 g/mol. The number of hydrogen-bond acceptors (Lipinski definition) is 10. The summed E-state index contributed by atoms with van der Waals surface area (Å²) < 4.78 is 53.5. The first kappa shape index (κ1) is 27.4. The summed E-state index contributed by atoms with van der Waals surface area (Å²) in [7, 11) is -3.32. The van der Waals surface area contributed by atoms with Crippen molar-refractivity contribution in [1.29, 1.82) is 0 Å². The second kappa shape index (κ2) is 9.96. The molecule has 0 radical (unpaired) electrons. The Labute approximate surface area is 253 Å². The number of hydrogen-bond donors (Lipinski definition) is 0. The molecule has 2 aromatic heterocycles. The molecular formula is C31H31FN6O5S. The van der Waals surface area contributed by atoms with Crippen LogP contribution in [0.2, 0.25) is 0 Å². The minimum atomic E-state index is -3.32. The van der Waals surface area contributed by atoms with Gasteiger partial charge >= 0.3 is 0 Å². The number of oxime groups is 1. The first-order chi connectivity index (χ1) is 21.2. The van der Waals surface area contributed by atoms with Gasteiger partial charge < -0.3 is 18.9 Å². The molecule has 0 N–H and O–H groups in total. The van der Waals surface area contributed by atoms with Crippen LogP contribution in [0.15, 0.2) is 64.3 Å². The van der Waals surface area contributed by atoms with Crippen molar-refractivity contribution in [3.63, 3.8) is 0 Å². The zero-order valence-corrected chi connectivity index (χ0v) is 25.0. The second-order valence-corrected chi connectivity index (χ2v) is 14.7. The number of halogens is 1. The van der Waals surface area contributed by atoms with Crippen LogP contribution in [-0.4, -0.2) is 70.2 Å². The van der Waals surface area contributed by atoms with Crippen molar-refractivity contribution >= 4 is 32.8 Å². The van der Waals surface area contributed by atoms with Crippen LogP contribution in [0.5, 0.6) is 0 Å². The third-order valence-corrected chi connectivity index (χ3v) is 10.9. The highest BCUT2D eigenvalue weighted by Gasteiger charge is 2.57. The number of benzene rings is 2. The molecule has 8 rings (SSSR count). The Morgan fingerprint density at radius 3 is 2.64 bits per heavy atom. The van der Waals surface area contributed by atoms with Gasteiger partial charge in [-0.05, 0) is 62.0 Å². The van der Waals surface area contributed by atoms with Gasteiger partial charge in [-0.25, -0.2) is 27.5 Å². The van der Waals surface area contributed by atoms with Crippen LogP contribution >= 0.6 is 0 Å². The Bertz CT molecular complexity index is 1930. The molecule has 1 saturated carbocycles. The summed E-state index contributed by atoms with van der Waals surface area (Å²) in [5.41, 5.74) is 2.94. The fourth-order valence-electron chi connectivity index (χ4n) is 6.56. The molecule has 1 unspecified atom stereocenters. The Morgan fingerprint density at radius 1 is 1.11 bits per heavy atom. The van der Waals surface area contributed by atoms with Crippen LogP contribution < -0.4 is 0 Å². The van der Waals surface area contributed by atoms with E-state index in [-0.39, 0.29) is 35.1 Å². The molecule has 4 aromatic rings. The molecule has 1 aliphatic carbocycles. The van der Waals surface area contributed by atoms with Crippen LogP contribution in [0, 0.1) is 24.1 Å². The highest BCUT2D eigenvalue weighted by molar-refractivity contribution is 7.91. The summed E-state index contributed by atoms with van der Waals surface area (Å²) >= 11 is 0. The van der Waals surface area contributed by atoms with Crippen LogP contribution in [0.25, 0.3) is 22.9 Å². The van der Waals surface area contributed by atoms with Gasteiger partial charge in [0, 0.05) is 29.5 Å². The van der Waals surface area contributed by atoms with Gasteiger partial charge in [-0.15, -0.1) is 0 Å². The van der Waals surface area contributed by atoms with Crippen molar-refractivity contribution in [2.75, 3.05) is 31.3 Å². The SMILES string of the molecule is Cc1ncn(-c2ccc(C=C3CC4(COC4)CN4C3=NOC4(CCS(=O)(=O)CC3CC3)c3ccc(F)cc3)c3ncoc23)n1. The van der Waals surface area contributed by atoms with Gasteiger partial charge in [0.05, 0.1) is 24.7 Å². The third kappa shape index (κ3) is 4.69. The summed E-state index contributed by atoms with van der Waals surface area (Å²) in [5.74, 6) is 1.24. The monoisotopic (exact) mass is 618 g/mol. The zero-order valence-electron chi connectivity index (χ0n) is 24.1. The van der Waals surface area contributed by atoms with Crippen molar-refractivity contribution in [2.24, 2.45) is 16.5 Å². The summed E-state index contributed by atoms with van der Waals surface area (Å²) in [5, 5.41) is 9.02. The van der Waals surface area contributed by atoms with Gasteiger partial charge in [0.2, 0.25) is 5.72 Å². The summed E-state index contributed by atoms with van der Waals surface area (Å²) in [6.45, 7) is 3.49. The second-order valence-electron chi connectivity index (χ2n) is 12.5. The number of rotatable bonds is 8. The van der Waals surface area contributed by atoms with E-state index < -0.39 is 15.6 Å². The molecule has 3 fully saturated rings. The lowest BCUT2D eigenvalue weighted by Gasteiger charge is -2.51. The number of aryl methyl sites for hydroxylation is 1. The fraction of sp³-hybridized carbons (Fsp3) is 0.419. The van der Waals surface area contributed by atoms with Crippen molar-refractivity contribution in [3.05, 3.63) is 77.5 Å². The molecule has 5 heterocycles. The zero-order chi connectivity index (χ0) is 30.1. The number of oxazole rings is 1. The largest absolute Gasteiger partial charge is 0.441 e. The summed E-state index contributed by atoms with van der Waals surface area (Å²) in [6.07, 6.45) is 7.83. The van der Waals surface area contributed by atoms with E-state index in [2.05, 4.69) is 25.1 Å². The van der Waals surface area contributed by atoms with Crippen LogP contribution in [0.1, 0.15) is 42.6 Å². The van der Waals surface area contributed by atoms with E-state index in [1.54, 1.807) is 23.1 Å². The van der Waals surface area contributed by atoms with Gasteiger partial charge in [0.1, 0.15) is 29.2 Å². The fourth-order valence-corrected chi connectivity index (χ4v) is 8.37. The van der Waals surface area contributed by atoms with E-state index in [4.69, 9.17) is 14.0 Å². The molecule has 1 atom stereocenters. The Morgan fingerprint density at radius 2 is 1.93 bits per heavy atom. The Balaban J connectivity index is 1.19. The highest BCUT2D eigenvalue weighted by atomic mass is 32.2. The maximum Gasteiger partial charge on any atom is 0.238 e. The minimum Gasteiger partial charge on any atom is -0.441 e. The van der Waals surface area contributed by atoms with E-state index >= 15 is 0 Å². The van der Waals surface area contributed by atoms with Crippen LogP contribution in [-0.2, 0) is 25.1 Å². The molecule has 3 aliphatic heterocycles. The molecule has 228 valence electrons. The standard InChI is InChI=1S/C31H31FN6O5S/c1-20-33-18-38(35-20)26-9-4-22(27-28(26)42-19-34-27)12-23-13-30(16-41-17-30)15-37-29(23)36-43-31(37,24-5-7-25(32)8-6-24)10-11-44(39,40)14-21-2-3-21/h4-9,12,18-19,21H,2-3,10-11,13-17H2,1H3. The van der Waals surface area contributed by atoms with Gasteiger partial charge in [0.25, 0.3) is 0 Å². The Kier molecular flexibility index (Phi) is 6.21. The third-order valence-electron chi connectivity index (χ3n) is 9.05. The number of fused-ring (bicyclic) bond motifs is 2. The molecule has 2 aromatic carbocycles. The van der Waals surface area contributed by atoms with E-state index in [0.29, 0.717) is 54.5 Å². The van der Waals surface area contributed by atoms with Crippen molar-refractivity contribution in [3.8, 4) is 5.69 Å². The maximum absolute atomic E-state index is 14.1. The number of nitrogens with zero attached hydrogens (tertiary/aromatic N) is 6. The predicted molar refractivity (Wildman–Crippen MR) is 159 cm³/mol. The smallest absolute Gasteiger partial charge is 0.238 e. The normalized spacial score (nSPS) is 23.5. The maximum atomic E-state index is 14.1. The van der Waals surface area contributed by atoms with E-state index in [1.165, 1.54) is 18.5 Å².